The second-order valence-corrected chi connectivity index (χ2v) is 5.99. The Morgan fingerprint density at radius 2 is 2.00 bits per heavy atom. The lowest BCUT2D eigenvalue weighted by Gasteiger charge is -2.05. The summed E-state index contributed by atoms with van der Waals surface area (Å²) in [4.78, 5) is 16.3. The molecule has 0 fully saturated rings. The largest absolute Gasteiger partial charge is 0.497 e. The van der Waals surface area contributed by atoms with E-state index in [0.717, 1.165) is 11.4 Å². The van der Waals surface area contributed by atoms with Gasteiger partial charge in [-0.3, -0.25) is 9.78 Å². The van der Waals surface area contributed by atoms with Gasteiger partial charge in [-0.05, 0) is 24.3 Å². The fraction of sp³-hybridized carbons (Fsp3) is 0.176. The van der Waals surface area contributed by atoms with Gasteiger partial charge >= 0.3 is 0 Å². The zero-order chi connectivity index (χ0) is 16.9. The van der Waals surface area contributed by atoms with Crippen LogP contribution in [0.25, 0.3) is 11.4 Å². The Kier molecular flexibility index (Phi) is 4.90. The monoisotopic (exact) mass is 340 g/mol. The van der Waals surface area contributed by atoms with Gasteiger partial charge in [0.15, 0.2) is 16.8 Å². The van der Waals surface area contributed by atoms with Crippen LogP contribution in [-0.2, 0) is 7.05 Å². The first kappa shape index (κ1) is 16.2. The van der Waals surface area contributed by atoms with Crippen LogP contribution in [0.5, 0.6) is 5.75 Å². The van der Waals surface area contributed by atoms with Crippen LogP contribution in [0.15, 0.2) is 53.9 Å². The van der Waals surface area contributed by atoms with Crippen LogP contribution in [-0.4, -0.2) is 38.4 Å². The molecule has 24 heavy (non-hydrogen) atoms. The average molecular weight is 340 g/mol. The van der Waals surface area contributed by atoms with Crippen LogP contribution in [0, 0.1) is 0 Å². The summed E-state index contributed by atoms with van der Waals surface area (Å²) >= 11 is 1.36. The van der Waals surface area contributed by atoms with Crippen molar-refractivity contribution >= 4 is 17.5 Å². The number of rotatable bonds is 6. The van der Waals surface area contributed by atoms with Gasteiger partial charge in [0.2, 0.25) is 0 Å². The van der Waals surface area contributed by atoms with Crippen molar-refractivity contribution in [1.82, 2.24) is 19.7 Å². The number of ether oxygens (including phenoxy) is 1. The fourth-order valence-corrected chi connectivity index (χ4v) is 3.01. The second-order valence-electron chi connectivity index (χ2n) is 5.04. The molecule has 0 aliphatic carbocycles. The molecule has 0 aliphatic heterocycles. The lowest BCUT2D eigenvalue weighted by atomic mass is 10.1. The van der Waals surface area contributed by atoms with Gasteiger partial charge in [-0.15, -0.1) is 10.2 Å². The minimum absolute atomic E-state index is 0.0207. The Hall–Kier alpha value is -2.67. The maximum atomic E-state index is 12.3. The summed E-state index contributed by atoms with van der Waals surface area (Å²) in [5, 5.41) is 9.06. The van der Waals surface area contributed by atoms with Gasteiger partial charge < -0.3 is 9.30 Å². The van der Waals surface area contributed by atoms with E-state index in [-0.39, 0.29) is 11.5 Å². The molecule has 3 aromatic rings. The van der Waals surface area contributed by atoms with Crippen molar-refractivity contribution in [2.45, 2.75) is 5.16 Å². The number of methoxy groups -OCH3 is 1. The average Bonchev–Trinajstić information content (AvgIpc) is 3.01. The van der Waals surface area contributed by atoms with Gasteiger partial charge in [0.25, 0.3) is 0 Å². The molecule has 1 aromatic carbocycles. The van der Waals surface area contributed by atoms with E-state index in [1.54, 1.807) is 37.7 Å². The number of carbonyl (C=O) groups is 1. The molecule has 2 aromatic heterocycles. The third-order valence-corrected chi connectivity index (χ3v) is 4.52. The number of ketones is 1. The first-order chi connectivity index (χ1) is 11.7. The number of Topliss-reactive ketones (excluding diaryl/α,β-unsaturated/α-hetero) is 1. The number of thioether (sulfide) groups is 1. The first-order valence-corrected chi connectivity index (χ1v) is 8.27. The Balaban J connectivity index is 1.71. The summed E-state index contributed by atoms with van der Waals surface area (Å²) < 4.78 is 7.02. The van der Waals surface area contributed by atoms with Crippen molar-refractivity contribution in [3.05, 3.63) is 54.4 Å². The molecule has 7 heteroatoms. The summed E-state index contributed by atoms with van der Waals surface area (Å²) in [6.07, 6.45) is 3.42. The molecule has 0 unspecified atom stereocenters. The van der Waals surface area contributed by atoms with Gasteiger partial charge in [0.1, 0.15) is 5.75 Å². The van der Waals surface area contributed by atoms with Gasteiger partial charge in [0, 0.05) is 30.6 Å². The maximum absolute atomic E-state index is 12.3. The van der Waals surface area contributed by atoms with E-state index in [1.807, 2.05) is 29.8 Å². The maximum Gasteiger partial charge on any atom is 0.191 e. The highest BCUT2D eigenvalue weighted by Crippen LogP contribution is 2.23. The molecule has 0 amide bonds. The first-order valence-electron chi connectivity index (χ1n) is 7.29. The molecule has 0 aliphatic rings. The lowest BCUT2D eigenvalue weighted by Crippen LogP contribution is -2.04. The number of carbonyl (C=O) groups excluding carboxylic acids is 1. The van der Waals surface area contributed by atoms with E-state index in [1.165, 1.54) is 11.8 Å². The van der Waals surface area contributed by atoms with Crippen LogP contribution >= 0.6 is 11.8 Å². The number of hydrogen-bond acceptors (Lipinski definition) is 6. The van der Waals surface area contributed by atoms with Crippen molar-refractivity contribution < 1.29 is 9.53 Å². The van der Waals surface area contributed by atoms with E-state index in [9.17, 15) is 4.79 Å². The van der Waals surface area contributed by atoms with E-state index >= 15 is 0 Å². The normalized spacial score (nSPS) is 10.6. The molecular weight excluding hydrogens is 324 g/mol. The fourth-order valence-electron chi connectivity index (χ4n) is 2.20. The predicted molar refractivity (Wildman–Crippen MR) is 92.3 cm³/mol. The number of benzene rings is 1. The number of aromatic nitrogens is 4. The molecule has 2 heterocycles. The zero-order valence-corrected chi connectivity index (χ0v) is 14.2. The molecule has 0 bridgehead atoms. The molecule has 0 atom stereocenters. The van der Waals surface area contributed by atoms with Gasteiger partial charge in [-0.25, -0.2) is 0 Å². The van der Waals surface area contributed by atoms with Crippen LogP contribution in [0.4, 0.5) is 0 Å². The smallest absolute Gasteiger partial charge is 0.191 e. The third kappa shape index (κ3) is 3.46. The van der Waals surface area contributed by atoms with E-state index in [2.05, 4.69) is 15.2 Å². The number of hydrogen-bond donors (Lipinski definition) is 0. The number of nitrogens with zero attached hydrogens (tertiary/aromatic N) is 4. The van der Waals surface area contributed by atoms with Crippen molar-refractivity contribution in [2.24, 2.45) is 7.05 Å². The summed E-state index contributed by atoms with van der Waals surface area (Å²) in [7, 11) is 3.46. The van der Waals surface area contributed by atoms with Gasteiger partial charge in [-0.1, -0.05) is 23.9 Å². The van der Waals surface area contributed by atoms with Crippen molar-refractivity contribution in [3.8, 4) is 17.1 Å². The predicted octanol–water partition coefficient (Wildman–Crippen LogP) is 2.86. The Bertz CT molecular complexity index is 849. The Morgan fingerprint density at radius 1 is 1.21 bits per heavy atom. The van der Waals surface area contributed by atoms with Gasteiger partial charge in [-0.2, -0.15) is 0 Å². The lowest BCUT2D eigenvalue weighted by molar-refractivity contribution is 0.102. The standard InChI is InChI=1S/C17H16N4O2S/c1-21-16(12-6-8-18-9-7-12)19-20-17(21)24-11-15(22)13-4-3-5-14(10-13)23-2/h3-10H,11H2,1-2H3. The van der Waals surface area contributed by atoms with E-state index < -0.39 is 0 Å². The molecule has 0 N–H and O–H groups in total. The van der Waals surface area contributed by atoms with Crippen molar-refractivity contribution in [2.75, 3.05) is 12.9 Å². The number of pyridine rings is 1. The van der Waals surface area contributed by atoms with E-state index in [0.29, 0.717) is 16.5 Å². The van der Waals surface area contributed by atoms with E-state index in [4.69, 9.17) is 4.74 Å². The topological polar surface area (TPSA) is 69.9 Å². The molecular formula is C17H16N4O2S. The van der Waals surface area contributed by atoms with Crippen LogP contribution in [0.3, 0.4) is 0 Å². The molecule has 0 spiro atoms. The highest BCUT2D eigenvalue weighted by Gasteiger charge is 2.14. The zero-order valence-electron chi connectivity index (χ0n) is 13.3. The summed E-state index contributed by atoms with van der Waals surface area (Å²) in [6, 6.07) is 10.9. The second kappa shape index (κ2) is 7.27. The van der Waals surface area contributed by atoms with Crippen LogP contribution < -0.4 is 4.74 Å². The van der Waals surface area contributed by atoms with Crippen LogP contribution in [0.1, 0.15) is 10.4 Å². The van der Waals surface area contributed by atoms with Crippen LogP contribution in [0.2, 0.25) is 0 Å². The SMILES string of the molecule is COc1cccc(C(=O)CSc2nnc(-c3ccncc3)n2C)c1. The molecule has 0 saturated heterocycles. The Morgan fingerprint density at radius 3 is 2.75 bits per heavy atom. The third-order valence-electron chi connectivity index (χ3n) is 3.50. The summed E-state index contributed by atoms with van der Waals surface area (Å²) in [6.45, 7) is 0. The molecule has 3 rings (SSSR count). The highest BCUT2D eigenvalue weighted by atomic mass is 32.2. The minimum Gasteiger partial charge on any atom is -0.497 e. The molecule has 0 radical (unpaired) electrons. The Labute approximate surface area is 143 Å². The highest BCUT2D eigenvalue weighted by molar-refractivity contribution is 7.99. The summed E-state index contributed by atoms with van der Waals surface area (Å²) in [5.41, 5.74) is 1.56. The quantitative estimate of drug-likeness (QED) is 0.508. The summed E-state index contributed by atoms with van der Waals surface area (Å²) in [5.74, 6) is 1.72. The molecule has 122 valence electrons. The van der Waals surface area contributed by atoms with Crippen molar-refractivity contribution in [1.29, 1.82) is 0 Å². The molecule has 6 nitrogen and oxygen atoms in total. The minimum atomic E-state index is 0.0207. The van der Waals surface area contributed by atoms with Gasteiger partial charge in [0.05, 0.1) is 12.9 Å². The molecule has 0 saturated carbocycles. The van der Waals surface area contributed by atoms with Crippen molar-refractivity contribution in [3.63, 3.8) is 0 Å².